The molecule has 0 bridgehead atoms. The van der Waals surface area contributed by atoms with E-state index in [0.717, 1.165) is 12.5 Å². The van der Waals surface area contributed by atoms with E-state index in [0.29, 0.717) is 0 Å². The first-order chi connectivity index (χ1) is 13.2. The molecule has 2 aromatic carbocycles. The molecule has 0 heterocycles. The van der Waals surface area contributed by atoms with Crippen LogP contribution in [0.3, 0.4) is 0 Å². The highest BCUT2D eigenvalue weighted by atomic mass is 35.5. The van der Waals surface area contributed by atoms with Gasteiger partial charge in [-0.05, 0) is 43.7 Å². The molecule has 28 heavy (non-hydrogen) atoms. The summed E-state index contributed by atoms with van der Waals surface area (Å²) in [7, 11) is -2.98. The Hall–Kier alpha value is -2.58. The molecule has 0 fully saturated rings. The summed E-state index contributed by atoms with van der Waals surface area (Å²) < 4.78 is 32.7. The molecule has 2 aromatic rings. The summed E-state index contributed by atoms with van der Waals surface area (Å²) in [5.74, 6) is -1.09. The van der Waals surface area contributed by atoms with E-state index in [2.05, 4.69) is 14.8 Å². The van der Waals surface area contributed by atoms with Crippen molar-refractivity contribution in [3.63, 3.8) is 0 Å². The van der Waals surface area contributed by atoms with Gasteiger partial charge in [0, 0.05) is 6.04 Å². The monoisotopic (exact) mass is 424 g/mol. The zero-order chi connectivity index (χ0) is 20.9. The molecule has 7 nitrogen and oxygen atoms in total. The maximum Gasteiger partial charge on any atom is 0.337 e. The summed E-state index contributed by atoms with van der Waals surface area (Å²) in [6.45, 7) is 3.78. The van der Waals surface area contributed by atoms with Crippen LogP contribution in [0.2, 0.25) is 5.02 Å². The summed E-state index contributed by atoms with van der Waals surface area (Å²) >= 11 is 6.03. The molecule has 1 atom stereocenters. The highest BCUT2D eigenvalue weighted by Crippen LogP contribution is 2.26. The summed E-state index contributed by atoms with van der Waals surface area (Å²) in [5, 5.41) is 2.73. The van der Waals surface area contributed by atoms with Crippen LogP contribution >= 0.6 is 11.6 Å². The first kappa shape index (κ1) is 21.7. The van der Waals surface area contributed by atoms with Crippen LogP contribution in [0.25, 0.3) is 0 Å². The Morgan fingerprint density at radius 1 is 1.18 bits per heavy atom. The van der Waals surface area contributed by atoms with Crippen LogP contribution < -0.4 is 10.0 Å². The topological polar surface area (TPSA) is 102 Å². The van der Waals surface area contributed by atoms with E-state index >= 15 is 0 Å². The molecule has 0 saturated carbocycles. The van der Waals surface area contributed by atoms with Crippen LogP contribution in [-0.2, 0) is 14.8 Å². The summed E-state index contributed by atoms with van der Waals surface area (Å²) in [6.07, 6.45) is 0.732. The Bertz CT molecular complexity index is 992. The second-order valence-electron chi connectivity index (χ2n) is 6.07. The smallest absolute Gasteiger partial charge is 0.337 e. The number of benzene rings is 2. The predicted molar refractivity (Wildman–Crippen MR) is 107 cm³/mol. The molecule has 0 aliphatic rings. The van der Waals surface area contributed by atoms with Crippen LogP contribution in [-0.4, -0.2) is 33.4 Å². The van der Waals surface area contributed by atoms with E-state index in [9.17, 15) is 18.0 Å². The molecule has 1 amide bonds. The lowest BCUT2D eigenvalue weighted by molar-refractivity contribution is 0.0600. The van der Waals surface area contributed by atoms with Crippen molar-refractivity contribution in [2.45, 2.75) is 31.2 Å². The molecule has 0 radical (unpaired) electrons. The molecule has 2 rings (SSSR count). The Morgan fingerprint density at radius 2 is 1.86 bits per heavy atom. The lowest BCUT2D eigenvalue weighted by atomic mass is 10.1. The van der Waals surface area contributed by atoms with Crippen LogP contribution in [0.15, 0.2) is 47.4 Å². The molecule has 0 spiro atoms. The van der Waals surface area contributed by atoms with Gasteiger partial charge in [0.15, 0.2) is 0 Å². The number of halogens is 1. The van der Waals surface area contributed by atoms with Crippen molar-refractivity contribution in [2.75, 3.05) is 11.8 Å². The van der Waals surface area contributed by atoms with Crippen molar-refractivity contribution in [3.8, 4) is 0 Å². The van der Waals surface area contributed by atoms with E-state index in [1.165, 1.54) is 31.4 Å². The van der Waals surface area contributed by atoms with Gasteiger partial charge in [0.2, 0.25) is 0 Å². The number of sulfonamides is 1. The van der Waals surface area contributed by atoms with Crippen LogP contribution in [0.4, 0.5) is 5.69 Å². The van der Waals surface area contributed by atoms with Gasteiger partial charge in [0.25, 0.3) is 15.9 Å². The quantitative estimate of drug-likeness (QED) is 0.663. The number of hydrogen-bond acceptors (Lipinski definition) is 5. The molecule has 0 aromatic heterocycles. The third-order valence-corrected chi connectivity index (χ3v) is 5.89. The summed E-state index contributed by atoms with van der Waals surface area (Å²) in [6, 6.07) is 9.94. The van der Waals surface area contributed by atoms with Gasteiger partial charge < -0.3 is 10.1 Å². The Labute approximate surface area is 169 Å². The minimum absolute atomic E-state index is 0.0371. The fourth-order valence-electron chi connectivity index (χ4n) is 2.33. The first-order valence-electron chi connectivity index (χ1n) is 8.50. The molecule has 0 aliphatic carbocycles. The average molecular weight is 425 g/mol. The zero-order valence-corrected chi connectivity index (χ0v) is 17.2. The lowest BCUT2D eigenvalue weighted by Gasteiger charge is -2.16. The minimum atomic E-state index is -4.17. The molecule has 0 aliphatic heterocycles. The molecular weight excluding hydrogens is 404 g/mol. The first-order valence-corrected chi connectivity index (χ1v) is 10.4. The van der Waals surface area contributed by atoms with Gasteiger partial charge in [-0.25, -0.2) is 13.2 Å². The van der Waals surface area contributed by atoms with E-state index < -0.39 is 21.9 Å². The van der Waals surface area contributed by atoms with Gasteiger partial charge in [-0.3, -0.25) is 9.52 Å². The maximum absolute atomic E-state index is 12.9. The van der Waals surface area contributed by atoms with E-state index in [4.69, 9.17) is 11.6 Å². The summed E-state index contributed by atoms with van der Waals surface area (Å²) in [5.41, 5.74) is 0.310. The van der Waals surface area contributed by atoms with Crippen molar-refractivity contribution in [3.05, 3.63) is 58.6 Å². The number of amides is 1. The number of para-hydroxylation sites is 1. The standard InChI is InChI=1S/C19H21ClN2O5S/c1-4-12(2)21-18(23)14-7-5-6-8-16(14)22-28(25,26)17-11-13(19(24)27-3)9-10-15(17)20/h5-12,22H,4H2,1-3H3,(H,21,23)/t12-/m1/s1. The Morgan fingerprint density at radius 3 is 2.50 bits per heavy atom. The normalized spacial score (nSPS) is 12.1. The van der Waals surface area contributed by atoms with Crippen molar-refractivity contribution in [1.82, 2.24) is 5.32 Å². The SMILES string of the molecule is CC[C@@H](C)NC(=O)c1ccccc1NS(=O)(=O)c1cc(C(=O)OC)ccc1Cl. The third-order valence-electron chi connectivity index (χ3n) is 4.05. The number of carbonyl (C=O) groups is 2. The maximum atomic E-state index is 12.9. The number of esters is 1. The second kappa shape index (κ2) is 9.07. The van der Waals surface area contributed by atoms with Crippen molar-refractivity contribution < 1.29 is 22.7 Å². The van der Waals surface area contributed by atoms with E-state index in [1.54, 1.807) is 12.1 Å². The zero-order valence-electron chi connectivity index (χ0n) is 15.7. The highest BCUT2D eigenvalue weighted by Gasteiger charge is 2.23. The molecular formula is C19H21ClN2O5S. The summed E-state index contributed by atoms with van der Waals surface area (Å²) in [4.78, 5) is 23.9. The number of hydrogen-bond donors (Lipinski definition) is 2. The molecule has 150 valence electrons. The Kier molecular flexibility index (Phi) is 7.04. The van der Waals surface area contributed by atoms with Crippen molar-refractivity contribution >= 4 is 39.2 Å². The van der Waals surface area contributed by atoms with Gasteiger partial charge in [-0.1, -0.05) is 30.7 Å². The number of ether oxygens (including phenoxy) is 1. The number of anilines is 1. The van der Waals surface area contributed by atoms with Gasteiger partial charge in [-0.2, -0.15) is 0 Å². The second-order valence-corrected chi connectivity index (χ2v) is 8.13. The molecule has 9 heteroatoms. The highest BCUT2D eigenvalue weighted by molar-refractivity contribution is 7.92. The number of methoxy groups -OCH3 is 1. The lowest BCUT2D eigenvalue weighted by Crippen LogP contribution is -2.32. The Balaban J connectivity index is 2.41. The van der Waals surface area contributed by atoms with Crippen LogP contribution in [0.1, 0.15) is 41.0 Å². The van der Waals surface area contributed by atoms with E-state index in [1.807, 2.05) is 13.8 Å². The minimum Gasteiger partial charge on any atom is -0.465 e. The van der Waals surface area contributed by atoms with Crippen LogP contribution in [0, 0.1) is 0 Å². The van der Waals surface area contributed by atoms with E-state index in [-0.39, 0.29) is 32.8 Å². The number of carbonyl (C=O) groups excluding carboxylic acids is 2. The van der Waals surface area contributed by atoms with Gasteiger partial charge in [0.1, 0.15) is 4.90 Å². The van der Waals surface area contributed by atoms with Crippen molar-refractivity contribution in [1.29, 1.82) is 0 Å². The van der Waals surface area contributed by atoms with Crippen molar-refractivity contribution in [2.24, 2.45) is 0 Å². The fraction of sp³-hybridized carbons (Fsp3) is 0.263. The average Bonchev–Trinajstić information content (AvgIpc) is 2.67. The number of nitrogens with one attached hydrogen (secondary N) is 2. The molecule has 0 unspecified atom stereocenters. The number of rotatable bonds is 7. The molecule has 2 N–H and O–H groups in total. The van der Waals surface area contributed by atoms with Crippen LogP contribution in [0.5, 0.6) is 0 Å². The predicted octanol–water partition coefficient (Wildman–Crippen LogP) is 3.46. The largest absolute Gasteiger partial charge is 0.465 e. The van der Waals surface area contributed by atoms with Gasteiger partial charge in [0.05, 0.1) is 28.9 Å². The third kappa shape index (κ3) is 5.02. The van der Waals surface area contributed by atoms with Gasteiger partial charge >= 0.3 is 5.97 Å². The fourth-order valence-corrected chi connectivity index (χ4v) is 3.93. The van der Waals surface area contributed by atoms with Gasteiger partial charge in [-0.15, -0.1) is 0 Å². The molecule has 0 saturated heterocycles.